The second kappa shape index (κ2) is 7.62. The molecule has 150 valence electrons. The van der Waals surface area contributed by atoms with Gasteiger partial charge in [-0.15, -0.1) is 0 Å². The van der Waals surface area contributed by atoms with Crippen molar-refractivity contribution in [2.75, 3.05) is 13.1 Å². The predicted molar refractivity (Wildman–Crippen MR) is 109 cm³/mol. The molecule has 1 aromatic carbocycles. The van der Waals surface area contributed by atoms with Crippen LogP contribution in [0.5, 0.6) is 0 Å². The fourth-order valence-corrected chi connectivity index (χ4v) is 3.85. The summed E-state index contributed by atoms with van der Waals surface area (Å²) in [6, 6.07) is 9.69. The minimum atomic E-state index is -0.344. The van der Waals surface area contributed by atoms with Crippen LogP contribution in [0.4, 0.5) is 4.39 Å². The quantitative estimate of drug-likeness (QED) is 0.524. The fraction of sp³-hybridized carbons (Fsp3) is 0.227. The molecule has 0 saturated carbocycles. The number of hydrogen-bond donors (Lipinski definition) is 0. The number of rotatable bonds is 3. The molecule has 0 bridgehead atoms. The normalized spacial score (nSPS) is 14.9. The fourth-order valence-electron chi connectivity index (χ4n) is 3.85. The van der Waals surface area contributed by atoms with Gasteiger partial charge < -0.3 is 9.47 Å². The summed E-state index contributed by atoms with van der Waals surface area (Å²) in [5.74, 6) is -0.411. The number of aromatic nitrogens is 5. The monoisotopic (exact) mass is 402 g/mol. The Morgan fingerprint density at radius 3 is 2.57 bits per heavy atom. The van der Waals surface area contributed by atoms with Gasteiger partial charge in [0.1, 0.15) is 5.82 Å². The first-order chi connectivity index (χ1) is 14.7. The number of carbonyl (C=O) groups is 1. The molecule has 4 aromatic rings. The number of nitrogens with zero attached hydrogens (tertiary/aromatic N) is 6. The van der Waals surface area contributed by atoms with E-state index in [-0.39, 0.29) is 17.8 Å². The highest BCUT2D eigenvalue weighted by Gasteiger charge is 2.26. The van der Waals surface area contributed by atoms with Crippen LogP contribution in [0.1, 0.15) is 29.2 Å². The SMILES string of the molecule is O=C(c1ccc(F)cc1)N1CCC(n2cnc3ncc(-c4cccnc4)nc32)CC1. The second-order valence-corrected chi connectivity index (χ2v) is 7.33. The molecular formula is C22H19FN6O. The van der Waals surface area contributed by atoms with E-state index in [4.69, 9.17) is 4.98 Å². The average Bonchev–Trinajstić information content (AvgIpc) is 3.23. The van der Waals surface area contributed by atoms with Gasteiger partial charge in [0.05, 0.1) is 18.2 Å². The maximum Gasteiger partial charge on any atom is 0.253 e. The summed E-state index contributed by atoms with van der Waals surface area (Å²) in [7, 11) is 0. The van der Waals surface area contributed by atoms with Crippen LogP contribution < -0.4 is 0 Å². The van der Waals surface area contributed by atoms with E-state index < -0.39 is 0 Å². The molecule has 1 saturated heterocycles. The minimum Gasteiger partial charge on any atom is -0.338 e. The van der Waals surface area contributed by atoms with Gasteiger partial charge in [-0.1, -0.05) is 0 Å². The van der Waals surface area contributed by atoms with Crippen LogP contribution in [-0.4, -0.2) is 48.4 Å². The van der Waals surface area contributed by atoms with E-state index in [9.17, 15) is 9.18 Å². The number of fused-ring (bicyclic) bond motifs is 1. The van der Waals surface area contributed by atoms with Crippen molar-refractivity contribution < 1.29 is 9.18 Å². The van der Waals surface area contributed by atoms with E-state index in [2.05, 4.69) is 19.5 Å². The van der Waals surface area contributed by atoms with Crippen molar-refractivity contribution in [1.29, 1.82) is 0 Å². The molecule has 8 heteroatoms. The Hall–Kier alpha value is -3.68. The van der Waals surface area contributed by atoms with Crippen LogP contribution in [-0.2, 0) is 0 Å². The lowest BCUT2D eigenvalue weighted by Crippen LogP contribution is -2.39. The Balaban J connectivity index is 1.34. The van der Waals surface area contributed by atoms with Crippen molar-refractivity contribution in [2.45, 2.75) is 18.9 Å². The zero-order valence-electron chi connectivity index (χ0n) is 16.1. The number of pyridine rings is 1. The molecule has 0 unspecified atom stereocenters. The van der Waals surface area contributed by atoms with E-state index in [1.54, 1.807) is 24.9 Å². The van der Waals surface area contributed by atoms with Crippen LogP contribution in [0.2, 0.25) is 0 Å². The topological polar surface area (TPSA) is 76.8 Å². The summed E-state index contributed by atoms with van der Waals surface area (Å²) < 4.78 is 15.2. The highest BCUT2D eigenvalue weighted by molar-refractivity contribution is 5.94. The lowest BCUT2D eigenvalue weighted by molar-refractivity contribution is 0.0696. The van der Waals surface area contributed by atoms with Gasteiger partial charge in [0.25, 0.3) is 5.91 Å². The van der Waals surface area contributed by atoms with Gasteiger partial charge in [0.2, 0.25) is 0 Å². The van der Waals surface area contributed by atoms with Gasteiger partial charge in [-0.2, -0.15) is 0 Å². The number of halogens is 1. The number of benzene rings is 1. The third kappa shape index (κ3) is 3.41. The first-order valence-electron chi connectivity index (χ1n) is 9.84. The maximum atomic E-state index is 13.1. The van der Waals surface area contributed by atoms with Crippen LogP contribution >= 0.6 is 0 Å². The van der Waals surface area contributed by atoms with E-state index in [0.717, 1.165) is 29.7 Å². The molecule has 0 atom stereocenters. The first kappa shape index (κ1) is 18.4. The smallest absolute Gasteiger partial charge is 0.253 e. The lowest BCUT2D eigenvalue weighted by Gasteiger charge is -2.32. The van der Waals surface area contributed by atoms with Crippen molar-refractivity contribution in [3.05, 3.63) is 72.7 Å². The van der Waals surface area contributed by atoms with Crippen molar-refractivity contribution >= 4 is 17.2 Å². The zero-order valence-corrected chi connectivity index (χ0v) is 16.1. The Kier molecular flexibility index (Phi) is 4.66. The van der Waals surface area contributed by atoms with Crippen molar-refractivity contribution in [3.8, 4) is 11.3 Å². The molecular weight excluding hydrogens is 383 g/mol. The largest absolute Gasteiger partial charge is 0.338 e. The third-order valence-electron chi connectivity index (χ3n) is 5.48. The molecule has 5 rings (SSSR count). The van der Waals surface area contributed by atoms with Crippen LogP contribution in [0.25, 0.3) is 22.6 Å². The van der Waals surface area contributed by atoms with Gasteiger partial charge in [-0.25, -0.2) is 19.3 Å². The van der Waals surface area contributed by atoms with E-state index in [0.29, 0.717) is 24.3 Å². The van der Waals surface area contributed by atoms with Gasteiger partial charge >= 0.3 is 0 Å². The van der Waals surface area contributed by atoms with Gasteiger partial charge in [0, 0.05) is 42.7 Å². The molecule has 0 spiro atoms. The molecule has 1 fully saturated rings. The van der Waals surface area contributed by atoms with Crippen LogP contribution in [0.15, 0.2) is 61.3 Å². The highest BCUT2D eigenvalue weighted by Crippen LogP contribution is 2.27. The average molecular weight is 402 g/mol. The Morgan fingerprint density at radius 1 is 1.03 bits per heavy atom. The maximum absolute atomic E-state index is 13.1. The van der Waals surface area contributed by atoms with Crippen molar-refractivity contribution in [1.82, 2.24) is 29.4 Å². The lowest BCUT2D eigenvalue weighted by atomic mass is 10.0. The van der Waals surface area contributed by atoms with E-state index in [1.165, 1.54) is 24.3 Å². The van der Waals surface area contributed by atoms with Gasteiger partial charge in [-0.05, 0) is 49.2 Å². The number of carbonyl (C=O) groups excluding carboxylic acids is 1. The second-order valence-electron chi connectivity index (χ2n) is 7.33. The van der Waals surface area contributed by atoms with Crippen molar-refractivity contribution in [2.24, 2.45) is 0 Å². The molecule has 0 N–H and O–H groups in total. The Labute approximate surface area is 172 Å². The highest BCUT2D eigenvalue weighted by atomic mass is 19.1. The summed E-state index contributed by atoms with van der Waals surface area (Å²) >= 11 is 0. The van der Waals surface area contributed by atoms with Gasteiger partial charge in [0.15, 0.2) is 11.3 Å². The molecule has 1 aliphatic heterocycles. The molecule has 3 aromatic heterocycles. The Bertz CT molecular complexity index is 1180. The molecule has 0 radical (unpaired) electrons. The number of amides is 1. The zero-order chi connectivity index (χ0) is 20.5. The standard InChI is InChI=1S/C22H19FN6O/c23-17-5-3-15(4-6-17)22(30)28-10-7-18(8-11-28)29-14-26-20-21(29)27-19(13-25-20)16-2-1-9-24-12-16/h1-6,9,12-14,18H,7-8,10-11H2. The molecule has 1 amide bonds. The summed E-state index contributed by atoms with van der Waals surface area (Å²) in [5, 5.41) is 0. The molecule has 30 heavy (non-hydrogen) atoms. The predicted octanol–water partition coefficient (Wildman–Crippen LogP) is 3.50. The molecule has 7 nitrogen and oxygen atoms in total. The number of imidazole rings is 1. The summed E-state index contributed by atoms with van der Waals surface area (Å²) in [6.07, 6.45) is 8.55. The van der Waals surface area contributed by atoms with Crippen molar-refractivity contribution in [3.63, 3.8) is 0 Å². The van der Waals surface area contributed by atoms with Crippen LogP contribution in [0, 0.1) is 5.82 Å². The molecule has 0 aliphatic carbocycles. The first-order valence-corrected chi connectivity index (χ1v) is 9.84. The summed E-state index contributed by atoms with van der Waals surface area (Å²) in [4.78, 5) is 32.3. The summed E-state index contributed by atoms with van der Waals surface area (Å²) in [5.41, 5.74) is 3.50. The molecule has 4 heterocycles. The third-order valence-corrected chi connectivity index (χ3v) is 5.48. The minimum absolute atomic E-state index is 0.0670. The number of piperidine rings is 1. The number of likely N-dealkylation sites (tertiary alicyclic amines) is 1. The summed E-state index contributed by atoms with van der Waals surface area (Å²) in [6.45, 7) is 1.24. The van der Waals surface area contributed by atoms with Gasteiger partial charge in [-0.3, -0.25) is 9.78 Å². The molecule has 1 aliphatic rings. The Morgan fingerprint density at radius 2 is 1.83 bits per heavy atom. The van der Waals surface area contributed by atoms with E-state index >= 15 is 0 Å². The van der Waals surface area contributed by atoms with Crippen LogP contribution in [0.3, 0.4) is 0 Å². The van der Waals surface area contributed by atoms with E-state index in [1.807, 2.05) is 17.0 Å². The number of hydrogen-bond acceptors (Lipinski definition) is 5.